The van der Waals surface area contributed by atoms with E-state index in [4.69, 9.17) is 0 Å². The minimum atomic E-state index is 0.161. The summed E-state index contributed by atoms with van der Waals surface area (Å²) < 4.78 is 1.85. The maximum Gasteiger partial charge on any atom is 0.231 e. The van der Waals surface area contributed by atoms with Gasteiger partial charge in [-0.2, -0.15) is 5.10 Å². The van der Waals surface area contributed by atoms with Crippen LogP contribution in [0.5, 0.6) is 0 Å². The van der Waals surface area contributed by atoms with E-state index in [1.54, 1.807) is 0 Å². The van der Waals surface area contributed by atoms with Crippen LogP contribution in [-0.2, 0) is 18.3 Å². The van der Waals surface area contributed by atoms with Crippen LogP contribution >= 0.6 is 11.8 Å². The zero-order valence-corrected chi connectivity index (χ0v) is 14.1. The van der Waals surface area contributed by atoms with Gasteiger partial charge in [-0.1, -0.05) is 12.1 Å². The first-order chi connectivity index (χ1) is 10.6. The molecule has 0 saturated heterocycles. The highest BCUT2D eigenvalue weighted by Crippen LogP contribution is 2.34. The molecule has 2 heterocycles. The molecule has 2 aromatic rings. The fraction of sp³-hybridized carbons (Fsp3) is 0.412. The SMILES string of the molecule is Cc1nn(C)c(C)c1CC(=O)N1CCCSc2ccccc21. The van der Waals surface area contributed by atoms with Crippen molar-refractivity contribution in [2.75, 3.05) is 17.2 Å². The van der Waals surface area contributed by atoms with E-state index in [-0.39, 0.29) is 5.91 Å². The average molecular weight is 315 g/mol. The number of para-hydroxylation sites is 1. The minimum absolute atomic E-state index is 0.161. The van der Waals surface area contributed by atoms with Crippen LogP contribution in [0, 0.1) is 13.8 Å². The Morgan fingerprint density at radius 2 is 2.09 bits per heavy atom. The van der Waals surface area contributed by atoms with Crippen LogP contribution in [0.4, 0.5) is 5.69 Å². The lowest BCUT2D eigenvalue weighted by atomic mass is 10.1. The van der Waals surface area contributed by atoms with E-state index >= 15 is 0 Å². The van der Waals surface area contributed by atoms with Gasteiger partial charge in [-0.05, 0) is 38.2 Å². The van der Waals surface area contributed by atoms with Crippen LogP contribution in [0.3, 0.4) is 0 Å². The second-order valence-corrected chi connectivity index (χ2v) is 6.80. The number of thioether (sulfide) groups is 1. The van der Waals surface area contributed by atoms with Gasteiger partial charge in [0.15, 0.2) is 0 Å². The summed E-state index contributed by atoms with van der Waals surface area (Å²) in [6.07, 6.45) is 1.45. The fourth-order valence-electron chi connectivity index (χ4n) is 2.91. The van der Waals surface area contributed by atoms with Crippen molar-refractivity contribution in [3.8, 4) is 0 Å². The van der Waals surface area contributed by atoms with Crippen molar-refractivity contribution < 1.29 is 4.79 Å². The first-order valence-electron chi connectivity index (χ1n) is 7.59. The molecule has 5 heteroatoms. The lowest BCUT2D eigenvalue weighted by molar-refractivity contribution is -0.118. The summed E-state index contributed by atoms with van der Waals surface area (Å²) >= 11 is 1.84. The Bertz CT molecular complexity index is 708. The molecule has 0 spiro atoms. The predicted octanol–water partition coefficient (Wildman–Crippen LogP) is 3.11. The standard InChI is InChI=1S/C17H21N3OS/c1-12-14(13(2)19(3)18-12)11-17(21)20-9-6-10-22-16-8-5-4-7-15(16)20/h4-5,7-8H,6,9-11H2,1-3H3. The Morgan fingerprint density at radius 1 is 1.32 bits per heavy atom. The molecule has 0 bridgehead atoms. The maximum absolute atomic E-state index is 12.9. The molecule has 3 rings (SSSR count). The van der Waals surface area contributed by atoms with E-state index in [0.717, 1.165) is 41.4 Å². The summed E-state index contributed by atoms with van der Waals surface area (Å²) in [6, 6.07) is 8.20. The molecule has 0 unspecified atom stereocenters. The van der Waals surface area contributed by atoms with Crippen molar-refractivity contribution >= 4 is 23.4 Å². The van der Waals surface area contributed by atoms with E-state index in [1.807, 2.05) is 54.4 Å². The summed E-state index contributed by atoms with van der Waals surface area (Å²) in [5, 5.41) is 4.41. The second-order valence-electron chi connectivity index (χ2n) is 5.66. The molecule has 0 fully saturated rings. The molecule has 1 aromatic carbocycles. The topological polar surface area (TPSA) is 38.1 Å². The van der Waals surface area contributed by atoms with Gasteiger partial charge >= 0.3 is 0 Å². The highest BCUT2D eigenvalue weighted by atomic mass is 32.2. The Hall–Kier alpha value is -1.75. The summed E-state index contributed by atoms with van der Waals surface area (Å²) in [5.41, 5.74) is 4.13. The molecule has 0 saturated carbocycles. The Labute approximate surface area is 135 Å². The summed E-state index contributed by atoms with van der Waals surface area (Å²) in [4.78, 5) is 16.0. The predicted molar refractivity (Wildman–Crippen MR) is 90.5 cm³/mol. The lowest BCUT2D eigenvalue weighted by Gasteiger charge is -2.22. The van der Waals surface area contributed by atoms with Crippen molar-refractivity contribution in [3.63, 3.8) is 0 Å². The number of hydrogen-bond donors (Lipinski definition) is 0. The molecular weight excluding hydrogens is 294 g/mol. The zero-order chi connectivity index (χ0) is 15.7. The largest absolute Gasteiger partial charge is 0.311 e. The number of anilines is 1. The number of carbonyl (C=O) groups is 1. The van der Waals surface area contributed by atoms with Gasteiger partial charge in [0.2, 0.25) is 5.91 Å². The van der Waals surface area contributed by atoms with E-state index in [0.29, 0.717) is 6.42 Å². The van der Waals surface area contributed by atoms with Crippen LogP contribution in [-0.4, -0.2) is 28.0 Å². The molecule has 1 aliphatic rings. The summed E-state index contributed by atoms with van der Waals surface area (Å²) in [7, 11) is 1.92. The first kappa shape index (κ1) is 15.2. The quantitative estimate of drug-likeness (QED) is 0.854. The molecule has 0 aliphatic carbocycles. The normalized spacial score (nSPS) is 14.6. The molecule has 22 heavy (non-hydrogen) atoms. The molecule has 1 aromatic heterocycles. The number of rotatable bonds is 2. The van der Waals surface area contributed by atoms with Crippen LogP contribution < -0.4 is 4.90 Å². The van der Waals surface area contributed by atoms with Crippen LogP contribution in [0.1, 0.15) is 23.4 Å². The molecular formula is C17H21N3OS. The van der Waals surface area contributed by atoms with Crippen LogP contribution in [0.25, 0.3) is 0 Å². The van der Waals surface area contributed by atoms with Gasteiger partial charge in [0.25, 0.3) is 0 Å². The highest BCUT2D eigenvalue weighted by molar-refractivity contribution is 7.99. The summed E-state index contributed by atoms with van der Waals surface area (Å²) in [5.74, 6) is 1.22. The molecule has 0 N–H and O–H groups in total. The molecule has 1 aliphatic heterocycles. The molecule has 4 nitrogen and oxygen atoms in total. The average Bonchev–Trinajstić information content (AvgIpc) is 2.70. The third-order valence-electron chi connectivity index (χ3n) is 4.23. The second kappa shape index (κ2) is 6.16. The van der Waals surface area contributed by atoms with Gasteiger partial charge < -0.3 is 4.90 Å². The van der Waals surface area contributed by atoms with Crippen LogP contribution in [0.15, 0.2) is 29.2 Å². The molecule has 116 valence electrons. The van der Waals surface area contributed by atoms with E-state index in [9.17, 15) is 4.79 Å². The van der Waals surface area contributed by atoms with Gasteiger partial charge in [0.1, 0.15) is 0 Å². The number of fused-ring (bicyclic) bond motifs is 1. The smallest absolute Gasteiger partial charge is 0.231 e. The van der Waals surface area contributed by atoms with E-state index in [1.165, 1.54) is 4.90 Å². The number of aryl methyl sites for hydroxylation is 2. The van der Waals surface area contributed by atoms with Crippen molar-refractivity contribution in [2.45, 2.75) is 31.6 Å². The zero-order valence-electron chi connectivity index (χ0n) is 13.3. The fourth-order valence-corrected chi connectivity index (χ4v) is 3.90. The van der Waals surface area contributed by atoms with E-state index in [2.05, 4.69) is 17.2 Å². The van der Waals surface area contributed by atoms with Crippen molar-refractivity contribution in [3.05, 3.63) is 41.2 Å². The number of carbonyl (C=O) groups excluding carboxylic acids is 1. The molecule has 1 amide bonds. The first-order valence-corrected chi connectivity index (χ1v) is 8.57. The molecule has 0 atom stereocenters. The van der Waals surface area contributed by atoms with Gasteiger partial charge in [0, 0.05) is 29.7 Å². The van der Waals surface area contributed by atoms with E-state index < -0.39 is 0 Å². The number of nitrogens with zero attached hydrogens (tertiary/aromatic N) is 3. The number of aromatic nitrogens is 2. The number of amides is 1. The lowest BCUT2D eigenvalue weighted by Crippen LogP contribution is -2.33. The van der Waals surface area contributed by atoms with Crippen molar-refractivity contribution in [2.24, 2.45) is 7.05 Å². The third kappa shape index (κ3) is 2.77. The Morgan fingerprint density at radius 3 is 2.82 bits per heavy atom. The third-order valence-corrected chi connectivity index (χ3v) is 5.38. The van der Waals surface area contributed by atoms with Gasteiger partial charge in [-0.25, -0.2) is 0 Å². The minimum Gasteiger partial charge on any atom is -0.311 e. The Balaban J connectivity index is 1.89. The van der Waals surface area contributed by atoms with Gasteiger partial charge in [-0.15, -0.1) is 11.8 Å². The maximum atomic E-state index is 12.9. The number of benzene rings is 1. The number of hydrogen-bond acceptors (Lipinski definition) is 3. The highest BCUT2D eigenvalue weighted by Gasteiger charge is 2.23. The van der Waals surface area contributed by atoms with Gasteiger partial charge in [0.05, 0.1) is 17.8 Å². The van der Waals surface area contributed by atoms with Crippen LogP contribution in [0.2, 0.25) is 0 Å². The monoisotopic (exact) mass is 315 g/mol. The summed E-state index contributed by atoms with van der Waals surface area (Å²) in [6.45, 7) is 4.79. The van der Waals surface area contributed by atoms with Gasteiger partial charge in [-0.3, -0.25) is 9.48 Å². The Kier molecular flexibility index (Phi) is 4.25. The van der Waals surface area contributed by atoms with Crippen molar-refractivity contribution in [1.29, 1.82) is 0 Å². The van der Waals surface area contributed by atoms with Crippen molar-refractivity contribution in [1.82, 2.24) is 9.78 Å². The molecule has 0 radical (unpaired) electrons.